The molecular formula is C7H14F2N2. The zero-order chi connectivity index (χ0) is 8.32. The zero-order valence-corrected chi connectivity index (χ0v) is 6.52. The third-order valence-electron chi connectivity index (χ3n) is 1.92. The quantitative estimate of drug-likeness (QED) is 0.650. The first kappa shape index (κ1) is 8.87. The van der Waals surface area contributed by atoms with E-state index < -0.39 is 5.92 Å². The van der Waals surface area contributed by atoms with Crippen molar-refractivity contribution in [2.24, 2.45) is 5.73 Å². The first-order valence-electron chi connectivity index (χ1n) is 3.94. The van der Waals surface area contributed by atoms with Crippen LogP contribution in [0.15, 0.2) is 0 Å². The van der Waals surface area contributed by atoms with Gasteiger partial charge in [0, 0.05) is 19.5 Å². The fourth-order valence-electron chi connectivity index (χ4n) is 1.42. The molecular weight excluding hydrogens is 150 g/mol. The normalized spacial score (nSPS) is 25.4. The summed E-state index contributed by atoms with van der Waals surface area (Å²) in [5, 5.41) is 0. The lowest BCUT2D eigenvalue weighted by atomic mass is 10.1. The summed E-state index contributed by atoms with van der Waals surface area (Å²) in [4.78, 5) is 1.73. The minimum atomic E-state index is -2.48. The molecule has 1 aliphatic heterocycles. The van der Waals surface area contributed by atoms with Crippen LogP contribution in [0.25, 0.3) is 0 Å². The molecule has 1 rings (SSSR count). The van der Waals surface area contributed by atoms with Crippen molar-refractivity contribution in [2.45, 2.75) is 18.8 Å². The van der Waals surface area contributed by atoms with Crippen molar-refractivity contribution in [1.82, 2.24) is 4.90 Å². The van der Waals surface area contributed by atoms with E-state index in [1.54, 1.807) is 4.90 Å². The Balaban J connectivity index is 2.34. The Hall–Kier alpha value is -0.220. The summed E-state index contributed by atoms with van der Waals surface area (Å²) >= 11 is 0. The third kappa shape index (κ3) is 2.71. The highest BCUT2D eigenvalue weighted by Crippen LogP contribution is 2.25. The average molecular weight is 164 g/mol. The predicted octanol–water partition coefficient (Wildman–Crippen LogP) is 0.676. The Bertz CT molecular complexity index is 126. The molecule has 0 aromatic carbocycles. The number of hydrogen-bond donors (Lipinski definition) is 1. The molecule has 2 N–H and O–H groups in total. The monoisotopic (exact) mass is 164 g/mol. The van der Waals surface area contributed by atoms with Crippen LogP contribution in [0, 0.1) is 0 Å². The van der Waals surface area contributed by atoms with E-state index in [-0.39, 0.29) is 13.0 Å². The van der Waals surface area contributed by atoms with Crippen LogP contribution in [-0.4, -0.2) is 37.0 Å². The van der Waals surface area contributed by atoms with Crippen molar-refractivity contribution in [3.8, 4) is 0 Å². The van der Waals surface area contributed by atoms with Crippen molar-refractivity contribution in [3.05, 3.63) is 0 Å². The molecule has 0 unspecified atom stereocenters. The van der Waals surface area contributed by atoms with Gasteiger partial charge < -0.3 is 5.73 Å². The van der Waals surface area contributed by atoms with Crippen molar-refractivity contribution >= 4 is 0 Å². The number of halogens is 2. The molecule has 0 saturated carbocycles. The van der Waals surface area contributed by atoms with Gasteiger partial charge in [0.25, 0.3) is 5.92 Å². The van der Waals surface area contributed by atoms with Crippen LogP contribution in [0.4, 0.5) is 8.78 Å². The van der Waals surface area contributed by atoms with Gasteiger partial charge in [0.1, 0.15) is 0 Å². The van der Waals surface area contributed by atoms with Crippen LogP contribution >= 0.6 is 0 Å². The first-order valence-corrected chi connectivity index (χ1v) is 3.94. The Morgan fingerprint density at radius 3 is 2.73 bits per heavy atom. The standard InChI is InChI=1S/C7H14F2N2/c8-7(9)2-1-4-11(6-7)5-3-10/h1-6,10H2. The van der Waals surface area contributed by atoms with E-state index in [1.807, 2.05) is 0 Å². The van der Waals surface area contributed by atoms with E-state index in [2.05, 4.69) is 0 Å². The van der Waals surface area contributed by atoms with E-state index in [9.17, 15) is 8.78 Å². The third-order valence-corrected chi connectivity index (χ3v) is 1.92. The van der Waals surface area contributed by atoms with Crippen molar-refractivity contribution in [1.29, 1.82) is 0 Å². The van der Waals surface area contributed by atoms with E-state index >= 15 is 0 Å². The second-order valence-electron chi connectivity index (χ2n) is 3.02. The number of hydrogen-bond acceptors (Lipinski definition) is 2. The van der Waals surface area contributed by atoms with Gasteiger partial charge in [-0.05, 0) is 13.0 Å². The SMILES string of the molecule is NCCN1CCCC(F)(F)C1. The molecule has 0 aromatic heterocycles. The van der Waals surface area contributed by atoms with Crippen LogP contribution in [-0.2, 0) is 0 Å². The van der Waals surface area contributed by atoms with Gasteiger partial charge in [-0.1, -0.05) is 0 Å². The number of nitrogens with zero attached hydrogens (tertiary/aromatic N) is 1. The first-order chi connectivity index (χ1) is 5.14. The van der Waals surface area contributed by atoms with E-state index in [0.29, 0.717) is 19.5 Å². The molecule has 4 heteroatoms. The number of alkyl halides is 2. The fourth-order valence-corrected chi connectivity index (χ4v) is 1.42. The summed E-state index contributed by atoms with van der Waals surface area (Å²) in [6.45, 7) is 1.72. The maximum Gasteiger partial charge on any atom is 0.260 e. The largest absolute Gasteiger partial charge is 0.329 e. The van der Waals surface area contributed by atoms with Crippen LogP contribution in [0.2, 0.25) is 0 Å². The summed E-state index contributed by atoms with van der Waals surface area (Å²) in [6.07, 6.45) is 0.626. The topological polar surface area (TPSA) is 29.3 Å². The Labute approximate surface area is 65.4 Å². The molecule has 1 aliphatic rings. The highest BCUT2D eigenvalue weighted by atomic mass is 19.3. The van der Waals surface area contributed by atoms with Crippen molar-refractivity contribution in [3.63, 3.8) is 0 Å². The van der Waals surface area contributed by atoms with Crippen molar-refractivity contribution in [2.75, 3.05) is 26.2 Å². The molecule has 1 saturated heterocycles. The molecule has 0 radical (unpaired) electrons. The van der Waals surface area contributed by atoms with E-state index in [1.165, 1.54) is 0 Å². The van der Waals surface area contributed by atoms with Crippen LogP contribution < -0.4 is 5.73 Å². The van der Waals surface area contributed by atoms with Crippen molar-refractivity contribution < 1.29 is 8.78 Å². The molecule has 0 amide bonds. The van der Waals surface area contributed by atoms with Gasteiger partial charge in [0.15, 0.2) is 0 Å². The summed E-state index contributed by atoms with van der Waals surface area (Å²) in [7, 11) is 0. The lowest BCUT2D eigenvalue weighted by Crippen LogP contribution is -2.44. The van der Waals surface area contributed by atoms with Gasteiger partial charge in [0.2, 0.25) is 0 Å². The van der Waals surface area contributed by atoms with Crippen LogP contribution in [0.5, 0.6) is 0 Å². The highest BCUT2D eigenvalue weighted by molar-refractivity contribution is 4.78. The van der Waals surface area contributed by atoms with Gasteiger partial charge in [0.05, 0.1) is 6.54 Å². The highest BCUT2D eigenvalue weighted by Gasteiger charge is 2.34. The Morgan fingerprint density at radius 1 is 1.45 bits per heavy atom. The lowest BCUT2D eigenvalue weighted by Gasteiger charge is -2.31. The lowest BCUT2D eigenvalue weighted by molar-refractivity contribution is -0.0630. The minimum Gasteiger partial charge on any atom is -0.329 e. The van der Waals surface area contributed by atoms with E-state index in [4.69, 9.17) is 5.73 Å². The van der Waals surface area contributed by atoms with Gasteiger partial charge >= 0.3 is 0 Å². The van der Waals surface area contributed by atoms with Gasteiger partial charge in [-0.2, -0.15) is 0 Å². The van der Waals surface area contributed by atoms with Gasteiger partial charge in [-0.25, -0.2) is 8.78 Å². The molecule has 2 nitrogen and oxygen atoms in total. The molecule has 0 atom stereocenters. The minimum absolute atomic E-state index is 0.0358. The smallest absolute Gasteiger partial charge is 0.260 e. The predicted molar refractivity (Wildman–Crippen MR) is 39.7 cm³/mol. The Kier molecular flexibility index (Phi) is 2.78. The zero-order valence-electron chi connectivity index (χ0n) is 6.52. The number of piperidine rings is 1. The molecule has 1 heterocycles. The summed E-state index contributed by atoms with van der Waals surface area (Å²) < 4.78 is 25.4. The molecule has 0 bridgehead atoms. The van der Waals surface area contributed by atoms with Crippen LogP contribution in [0.3, 0.4) is 0 Å². The molecule has 0 aliphatic carbocycles. The summed E-state index contributed by atoms with van der Waals surface area (Å²) in [5.41, 5.74) is 5.26. The molecule has 0 spiro atoms. The molecule has 0 aromatic rings. The second kappa shape index (κ2) is 3.45. The van der Waals surface area contributed by atoms with Crippen LogP contribution in [0.1, 0.15) is 12.8 Å². The Morgan fingerprint density at radius 2 is 2.18 bits per heavy atom. The number of nitrogens with two attached hydrogens (primary N) is 1. The van der Waals surface area contributed by atoms with E-state index in [0.717, 1.165) is 6.54 Å². The summed E-state index contributed by atoms with van der Waals surface area (Å²) in [6, 6.07) is 0. The number of likely N-dealkylation sites (tertiary alicyclic amines) is 1. The maximum atomic E-state index is 12.7. The molecule has 66 valence electrons. The van der Waals surface area contributed by atoms with Gasteiger partial charge in [-0.15, -0.1) is 0 Å². The molecule has 11 heavy (non-hydrogen) atoms. The maximum absolute atomic E-state index is 12.7. The summed E-state index contributed by atoms with van der Waals surface area (Å²) in [5.74, 6) is -2.48. The molecule has 1 fully saturated rings. The fraction of sp³-hybridized carbons (Fsp3) is 1.00. The number of rotatable bonds is 2. The van der Waals surface area contributed by atoms with Gasteiger partial charge in [-0.3, -0.25) is 4.90 Å². The second-order valence-corrected chi connectivity index (χ2v) is 3.02. The average Bonchev–Trinajstić information content (AvgIpc) is 1.85.